The van der Waals surface area contributed by atoms with Gasteiger partial charge in [-0.05, 0) is 12.1 Å². The van der Waals surface area contributed by atoms with Gasteiger partial charge in [-0.1, -0.05) is 6.08 Å². The zero-order chi connectivity index (χ0) is 9.97. The summed E-state index contributed by atoms with van der Waals surface area (Å²) in [5.41, 5.74) is 1.08. The van der Waals surface area contributed by atoms with Gasteiger partial charge in [-0.15, -0.1) is 6.58 Å². The number of benzene rings is 1. The van der Waals surface area contributed by atoms with Crippen LogP contribution in [0.2, 0.25) is 0 Å². The predicted octanol–water partition coefficient (Wildman–Crippen LogP) is 2.56. The van der Waals surface area contributed by atoms with Gasteiger partial charge in [0.1, 0.15) is 11.3 Å². The maximum Gasteiger partial charge on any atom is 0.295 e. The zero-order valence-electron chi connectivity index (χ0n) is 7.46. The number of rotatable bonds is 3. The fraction of sp³-hybridized carbons (Fsp3) is 0.100. The number of halogens is 1. The highest BCUT2D eigenvalue weighted by Crippen LogP contribution is 2.19. The number of nitrogens with zero attached hydrogens (tertiary/aromatic N) is 1. The molecule has 0 amide bonds. The first-order chi connectivity index (χ1) is 6.79. The Morgan fingerprint density at radius 1 is 1.57 bits per heavy atom. The average molecular weight is 192 g/mol. The Hall–Kier alpha value is -1.84. The van der Waals surface area contributed by atoms with E-state index in [1.807, 2.05) is 0 Å². The van der Waals surface area contributed by atoms with Crippen LogP contribution >= 0.6 is 0 Å². The van der Waals surface area contributed by atoms with Crippen molar-refractivity contribution in [2.75, 3.05) is 11.9 Å². The van der Waals surface area contributed by atoms with Crippen molar-refractivity contribution < 1.29 is 8.81 Å². The molecule has 72 valence electrons. The Morgan fingerprint density at radius 3 is 3.21 bits per heavy atom. The molecule has 2 aromatic rings. The second-order valence-corrected chi connectivity index (χ2v) is 2.80. The van der Waals surface area contributed by atoms with Gasteiger partial charge >= 0.3 is 0 Å². The van der Waals surface area contributed by atoms with Crippen LogP contribution < -0.4 is 5.32 Å². The second-order valence-electron chi connectivity index (χ2n) is 2.80. The van der Waals surface area contributed by atoms with Crippen molar-refractivity contribution in [3.05, 3.63) is 36.7 Å². The van der Waals surface area contributed by atoms with Gasteiger partial charge in [0, 0.05) is 12.6 Å². The number of hydrogen-bond donors (Lipinski definition) is 1. The van der Waals surface area contributed by atoms with E-state index in [-0.39, 0.29) is 5.82 Å². The number of nitrogens with one attached hydrogen (secondary N) is 1. The van der Waals surface area contributed by atoms with Crippen molar-refractivity contribution in [2.45, 2.75) is 0 Å². The van der Waals surface area contributed by atoms with Crippen LogP contribution in [0.25, 0.3) is 11.1 Å². The second kappa shape index (κ2) is 3.49. The van der Waals surface area contributed by atoms with E-state index >= 15 is 0 Å². The van der Waals surface area contributed by atoms with Gasteiger partial charge in [-0.25, -0.2) is 4.39 Å². The van der Waals surface area contributed by atoms with Crippen molar-refractivity contribution in [2.24, 2.45) is 0 Å². The Morgan fingerprint density at radius 2 is 2.43 bits per heavy atom. The van der Waals surface area contributed by atoms with E-state index in [2.05, 4.69) is 16.9 Å². The summed E-state index contributed by atoms with van der Waals surface area (Å²) in [6, 6.07) is 4.60. The Kier molecular flexibility index (Phi) is 2.18. The van der Waals surface area contributed by atoms with Crippen molar-refractivity contribution >= 4 is 17.1 Å². The van der Waals surface area contributed by atoms with E-state index in [0.717, 1.165) is 0 Å². The smallest absolute Gasteiger partial charge is 0.295 e. The van der Waals surface area contributed by atoms with Gasteiger partial charge in [-0.2, -0.15) is 4.98 Å². The van der Waals surface area contributed by atoms with Crippen molar-refractivity contribution in [3.63, 3.8) is 0 Å². The summed E-state index contributed by atoms with van der Waals surface area (Å²) >= 11 is 0. The maximum absolute atomic E-state index is 12.8. The average Bonchev–Trinajstić information content (AvgIpc) is 2.56. The monoisotopic (exact) mass is 192 g/mol. The van der Waals surface area contributed by atoms with Crippen molar-refractivity contribution in [1.29, 1.82) is 0 Å². The molecule has 14 heavy (non-hydrogen) atoms. The summed E-state index contributed by atoms with van der Waals surface area (Å²) in [6.45, 7) is 4.12. The first kappa shape index (κ1) is 8.74. The molecule has 0 atom stereocenters. The van der Waals surface area contributed by atoms with Crippen LogP contribution in [0.5, 0.6) is 0 Å². The number of fused-ring (bicyclic) bond motifs is 1. The molecule has 1 N–H and O–H groups in total. The first-order valence-corrected chi connectivity index (χ1v) is 4.20. The quantitative estimate of drug-likeness (QED) is 0.759. The maximum atomic E-state index is 12.8. The van der Waals surface area contributed by atoms with E-state index in [1.54, 1.807) is 12.1 Å². The normalized spacial score (nSPS) is 10.4. The molecule has 0 aliphatic rings. The molecule has 1 heterocycles. The van der Waals surface area contributed by atoms with E-state index in [1.165, 1.54) is 12.1 Å². The molecule has 1 aromatic heterocycles. The molecule has 0 aliphatic carbocycles. The lowest BCUT2D eigenvalue weighted by atomic mass is 10.3. The van der Waals surface area contributed by atoms with E-state index < -0.39 is 0 Å². The topological polar surface area (TPSA) is 38.1 Å². The highest BCUT2D eigenvalue weighted by molar-refractivity contribution is 5.74. The van der Waals surface area contributed by atoms with Crippen LogP contribution in [0.15, 0.2) is 35.3 Å². The fourth-order valence-corrected chi connectivity index (χ4v) is 1.14. The Bertz CT molecular complexity index is 464. The van der Waals surface area contributed by atoms with Gasteiger partial charge in [0.2, 0.25) is 0 Å². The lowest BCUT2D eigenvalue weighted by Gasteiger charge is -1.92. The molecule has 2 rings (SSSR count). The standard InChI is InChI=1S/C10H9FN2O/c1-2-5-12-10-13-8-6-7(11)3-4-9(8)14-10/h2-4,6H,1,5H2,(H,12,13). The SMILES string of the molecule is C=CCNc1nc2cc(F)ccc2o1. The van der Waals surface area contributed by atoms with Crippen LogP contribution in [-0.2, 0) is 0 Å². The molecule has 0 bridgehead atoms. The summed E-state index contributed by atoms with van der Waals surface area (Å²) in [5.74, 6) is -0.318. The van der Waals surface area contributed by atoms with Crippen LogP contribution in [-0.4, -0.2) is 11.5 Å². The number of anilines is 1. The molecular weight excluding hydrogens is 183 g/mol. The van der Waals surface area contributed by atoms with Crippen LogP contribution in [0.1, 0.15) is 0 Å². The van der Waals surface area contributed by atoms with Crippen molar-refractivity contribution in [3.8, 4) is 0 Å². The minimum atomic E-state index is -0.318. The highest BCUT2D eigenvalue weighted by Gasteiger charge is 2.04. The highest BCUT2D eigenvalue weighted by atomic mass is 19.1. The third-order valence-corrected chi connectivity index (χ3v) is 1.75. The van der Waals surface area contributed by atoms with Gasteiger partial charge in [0.05, 0.1) is 0 Å². The van der Waals surface area contributed by atoms with Gasteiger partial charge in [0.15, 0.2) is 5.58 Å². The molecule has 0 saturated heterocycles. The van der Waals surface area contributed by atoms with Gasteiger partial charge in [-0.3, -0.25) is 0 Å². The van der Waals surface area contributed by atoms with Gasteiger partial charge < -0.3 is 9.73 Å². The predicted molar refractivity (Wildman–Crippen MR) is 52.7 cm³/mol. The molecule has 0 fully saturated rings. The number of oxazole rings is 1. The van der Waals surface area contributed by atoms with Crippen LogP contribution in [0.4, 0.5) is 10.4 Å². The molecule has 0 unspecified atom stereocenters. The minimum Gasteiger partial charge on any atom is -0.424 e. The lowest BCUT2D eigenvalue weighted by Crippen LogP contribution is -1.96. The Labute approximate surface area is 80.2 Å². The third-order valence-electron chi connectivity index (χ3n) is 1.75. The summed E-state index contributed by atoms with van der Waals surface area (Å²) in [6.07, 6.45) is 1.69. The number of aromatic nitrogens is 1. The molecular formula is C10H9FN2O. The number of hydrogen-bond acceptors (Lipinski definition) is 3. The molecule has 1 aromatic carbocycles. The molecule has 0 saturated carbocycles. The lowest BCUT2D eigenvalue weighted by molar-refractivity contribution is 0.612. The summed E-state index contributed by atoms with van der Waals surface area (Å²) in [4.78, 5) is 4.05. The summed E-state index contributed by atoms with van der Waals surface area (Å²) in [5, 5.41) is 2.88. The summed E-state index contributed by atoms with van der Waals surface area (Å²) < 4.78 is 18.1. The van der Waals surface area contributed by atoms with E-state index in [0.29, 0.717) is 23.7 Å². The Balaban J connectivity index is 2.36. The first-order valence-electron chi connectivity index (χ1n) is 4.20. The minimum absolute atomic E-state index is 0.318. The van der Waals surface area contributed by atoms with Crippen LogP contribution in [0, 0.1) is 5.82 Å². The van der Waals surface area contributed by atoms with E-state index in [4.69, 9.17) is 4.42 Å². The fourth-order valence-electron chi connectivity index (χ4n) is 1.14. The van der Waals surface area contributed by atoms with Crippen LogP contribution in [0.3, 0.4) is 0 Å². The largest absolute Gasteiger partial charge is 0.424 e. The van der Waals surface area contributed by atoms with Crippen molar-refractivity contribution in [1.82, 2.24) is 4.98 Å². The molecule has 3 nitrogen and oxygen atoms in total. The molecule has 0 radical (unpaired) electrons. The molecule has 4 heteroatoms. The zero-order valence-corrected chi connectivity index (χ0v) is 7.46. The molecule has 0 spiro atoms. The molecule has 0 aliphatic heterocycles. The summed E-state index contributed by atoms with van der Waals surface area (Å²) in [7, 11) is 0. The third kappa shape index (κ3) is 1.59. The van der Waals surface area contributed by atoms with Gasteiger partial charge in [0.25, 0.3) is 6.01 Å². The van der Waals surface area contributed by atoms with E-state index in [9.17, 15) is 4.39 Å².